The third-order valence-electron chi connectivity index (χ3n) is 35.0. The highest BCUT2D eigenvalue weighted by molar-refractivity contribution is 5.10. The van der Waals surface area contributed by atoms with Gasteiger partial charge in [0.15, 0.2) is 0 Å². The predicted octanol–water partition coefficient (Wildman–Crippen LogP) is 24.2. The van der Waals surface area contributed by atoms with Crippen LogP contribution in [0.1, 0.15) is 411 Å². The van der Waals surface area contributed by atoms with Crippen molar-refractivity contribution in [1.82, 2.24) is 19.6 Å². The van der Waals surface area contributed by atoms with Gasteiger partial charge in [-0.15, -0.1) is 0 Å². The quantitative estimate of drug-likeness (QED) is 0.153. The van der Waals surface area contributed by atoms with Crippen LogP contribution < -0.4 is 0 Å². The Hall–Kier alpha value is -0.160. The van der Waals surface area contributed by atoms with Gasteiger partial charge < -0.3 is 0 Å². The van der Waals surface area contributed by atoms with Crippen LogP contribution in [0.4, 0.5) is 0 Å². The van der Waals surface area contributed by atoms with Crippen molar-refractivity contribution in [2.24, 2.45) is 76.4 Å². The van der Waals surface area contributed by atoms with E-state index in [9.17, 15) is 0 Å². The fourth-order valence-corrected chi connectivity index (χ4v) is 31.3. The molecule has 16 fully saturated rings. The first-order chi connectivity index (χ1) is 46.1. The molecule has 12 atom stereocenters. The van der Waals surface area contributed by atoms with E-state index in [0.29, 0.717) is 5.41 Å². The Bertz CT molecular complexity index is 2050. The molecule has 0 bridgehead atoms. The molecule has 4 nitrogen and oxygen atoms in total. The highest BCUT2D eigenvalue weighted by Crippen LogP contribution is 2.65. The van der Waals surface area contributed by atoms with Crippen LogP contribution in [-0.2, 0) is 0 Å². The highest BCUT2D eigenvalue weighted by Gasteiger charge is 2.59. The molecule has 93 heavy (non-hydrogen) atoms. The summed E-state index contributed by atoms with van der Waals surface area (Å²) in [5.41, 5.74) is 0.557. The lowest BCUT2D eigenvalue weighted by Crippen LogP contribution is -2.60. The summed E-state index contributed by atoms with van der Waals surface area (Å²) in [6.45, 7) is 0. The highest BCUT2D eigenvalue weighted by atomic mass is 15.3. The van der Waals surface area contributed by atoms with Gasteiger partial charge in [-0.3, -0.25) is 19.6 Å². The molecule has 0 radical (unpaired) electrons. The summed E-state index contributed by atoms with van der Waals surface area (Å²) >= 11 is 0. The zero-order chi connectivity index (χ0) is 61.9. The lowest BCUT2D eigenvalue weighted by atomic mass is 9.44. The van der Waals surface area contributed by atoms with E-state index in [2.05, 4.69) is 19.6 Å². The summed E-state index contributed by atoms with van der Waals surface area (Å²) in [5, 5.41) is 0. The maximum absolute atomic E-state index is 3.50. The van der Waals surface area contributed by atoms with E-state index >= 15 is 0 Å². The molecule has 4 heteroatoms. The van der Waals surface area contributed by atoms with Gasteiger partial charge in [0.2, 0.25) is 0 Å². The van der Waals surface area contributed by atoms with Gasteiger partial charge in [-0.05, 0) is 295 Å². The Morgan fingerprint density at radius 3 is 0.720 bits per heavy atom. The zero-order valence-corrected chi connectivity index (χ0v) is 61.4. The van der Waals surface area contributed by atoms with Crippen molar-refractivity contribution >= 4 is 0 Å². The van der Waals surface area contributed by atoms with Crippen molar-refractivity contribution in [2.75, 3.05) is 0 Å². The van der Waals surface area contributed by atoms with Crippen LogP contribution in [0.3, 0.4) is 0 Å². The van der Waals surface area contributed by atoms with Crippen molar-refractivity contribution in [3.8, 4) is 0 Å². The average molecular weight is 1280 g/mol. The monoisotopic (exact) mass is 1280 g/mol. The van der Waals surface area contributed by atoms with Crippen LogP contribution in [0.5, 0.6) is 0 Å². The van der Waals surface area contributed by atoms with E-state index in [-0.39, 0.29) is 0 Å². The number of fused-ring (bicyclic) bond motifs is 4. The topological polar surface area (TPSA) is 13.0 Å². The molecular weight excluding hydrogens is 1130 g/mol. The fourth-order valence-electron chi connectivity index (χ4n) is 31.3. The molecule has 12 unspecified atom stereocenters. The SMILES string of the molecule is C1CCC(N(C2CCC(C(C3CCC(N(C4CCCCC4)C4CCC5CCCCC5C4)CC3)(C3CCC(N(C4CCCCC4)C4CCCC5CCCCC54)CC3)C3CCC(N(C4CCCCC4)C4CCCC5CCCCC54)CC3)CC2)C2CCC3CCCCC3C2)CC1. The molecule has 528 valence electrons. The lowest BCUT2D eigenvalue weighted by Gasteiger charge is -2.63. The normalized spacial score (nSPS) is 44.3. The van der Waals surface area contributed by atoms with Gasteiger partial charge in [0.25, 0.3) is 0 Å². The van der Waals surface area contributed by atoms with Crippen molar-refractivity contribution in [1.29, 1.82) is 0 Å². The van der Waals surface area contributed by atoms with Gasteiger partial charge in [-0.1, -0.05) is 193 Å². The van der Waals surface area contributed by atoms with Crippen molar-refractivity contribution in [3.05, 3.63) is 0 Å². The smallest absolute Gasteiger partial charge is 0.0132 e. The molecule has 0 heterocycles. The molecule has 16 rings (SSSR count). The van der Waals surface area contributed by atoms with Crippen LogP contribution in [0.25, 0.3) is 0 Å². The molecule has 0 aliphatic heterocycles. The maximum Gasteiger partial charge on any atom is 0.0132 e. The summed E-state index contributed by atoms with van der Waals surface area (Å²) < 4.78 is 0. The van der Waals surface area contributed by atoms with Gasteiger partial charge in [0.05, 0.1) is 0 Å². The molecule has 0 aromatic carbocycles. The third-order valence-corrected chi connectivity index (χ3v) is 35.0. The molecule has 0 spiro atoms. The number of hydrogen-bond acceptors (Lipinski definition) is 4. The standard InChI is InChI=1S/C89H152N4/c1-5-31-75(32-6-1)90(83-53-43-65-23-13-15-27-69(65)63-83)79-55-45-71(46-56-79)89(72-47-57-80(58-48-72)91(76-33-7-2-8-34-76)84-54-44-66-24-14-16-28-70(66)64-84,73-49-59-81(60-50-73)92(77-35-9-3-10-36-77)87-41-21-29-67-25-17-19-39-85(67)87)74-51-61-82(62-52-74)93(78-37-11-4-12-38-78)88-42-22-30-68-26-18-20-40-86(68)88/h65-88H,1-64H2. The van der Waals surface area contributed by atoms with E-state index < -0.39 is 0 Å². The van der Waals surface area contributed by atoms with Crippen LogP contribution in [0.2, 0.25) is 0 Å². The summed E-state index contributed by atoms with van der Waals surface area (Å²) in [6, 6.07) is 10.8. The van der Waals surface area contributed by atoms with Crippen LogP contribution in [0.15, 0.2) is 0 Å². The minimum atomic E-state index is 0.557. The Morgan fingerprint density at radius 2 is 0.387 bits per heavy atom. The number of rotatable bonds is 16. The van der Waals surface area contributed by atoms with Gasteiger partial charge >= 0.3 is 0 Å². The van der Waals surface area contributed by atoms with Crippen LogP contribution in [-0.4, -0.2) is 92.1 Å². The zero-order valence-electron chi connectivity index (χ0n) is 61.4. The van der Waals surface area contributed by atoms with E-state index in [1.54, 1.807) is 244 Å². The largest absolute Gasteiger partial charge is 0.294 e. The lowest BCUT2D eigenvalue weighted by molar-refractivity contribution is -0.137. The Morgan fingerprint density at radius 1 is 0.151 bits per heavy atom. The van der Waals surface area contributed by atoms with Gasteiger partial charge in [-0.2, -0.15) is 0 Å². The van der Waals surface area contributed by atoms with E-state index in [0.717, 1.165) is 144 Å². The maximum atomic E-state index is 3.50. The summed E-state index contributed by atoms with van der Waals surface area (Å²) in [5.74, 6) is 12.3. The Labute approximate surface area is 576 Å². The number of nitrogens with zero attached hydrogens (tertiary/aromatic N) is 4. The van der Waals surface area contributed by atoms with Crippen molar-refractivity contribution < 1.29 is 0 Å². The molecule has 16 aliphatic carbocycles. The molecule has 0 saturated heterocycles. The molecule has 0 aromatic rings. The average Bonchev–Trinajstić information content (AvgIpc) is 0.735. The molecule has 16 aliphatic rings. The van der Waals surface area contributed by atoms with Gasteiger partial charge in [0, 0.05) is 72.5 Å². The summed E-state index contributed by atoms with van der Waals surface area (Å²) in [6.07, 6.45) is 99.7. The number of hydrogen-bond donors (Lipinski definition) is 0. The Balaban J connectivity index is 0.738. The molecule has 0 aromatic heterocycles. The molecule has 0 amide bonds. The first-order valence-electron chi connectivity index (χ1n) is 45.2. The first kappa shape index (κ1) is 67.3. The minimum absolute atomic E-state index is 0.557. The molecule has 16 saturated carbocycles. The second-order valence-electron chi connectivity index (χ2n) is 38.9. The van der Waals surface area contributed by atoms with Gasteiger partial charge in [-0.25, -0.2) is 0 Å². The van der Waals surface area contributed by atoms with E-state index in [4.69, 9.17) is 0 Å². The molecule has 0 N–H and O–H groups in total. The van der Waals surface area contributed by atoms with Crippen molar-refractivity contribution in [2.45, 2.75) is 483 Å². The third kappa shape index (κ3) is 14.5. The summed E-state index contributed by atoms with van der Waals surface area (Å²) in [4.78, 5) is 13.9. The Kier molecular flexibility index (Phi) is 23.2. The second kappa shape index (κ2) is 32.0. The predicted molar refractivity (Wildman–Crippen MR) is 393 cm³/mol. The van der Waals surface area contributed by atoms with E-state index in [1.807, 2.05) is 0 Å². The first-order valence-corrected chi connectivity index (χ1v) is 45.2. The summed E-state index contributed by atoms with van der Waals surface area (Å²) in [7, 11) is 0. The minimum Gasteiger partial charge on any atom is -0.294 e. The fraction of sp³-hybridized carbons (Fsp3) is 1.00. The van der Waals surface area contributed by atoms with Crippen molar-refractivity contribution in [3.63, 3.8) is 0 Å². The van der Waals surface area contributed by atoms with E-state index in [1.165, 1.54) is 167 Å². The molecular formula is C89H152N4. The van der Waals surface area contributed by atoms with Crippen LogP contribution in [0, 0.1) is 76.4 Å². The van der Waals surface area contributed by atoms with Crippen LogP contribution >= 0.6 is 0 Å². The second-order valence-corrected chi connectivity index (χ2v) is 38.9. The van der Waals surface area contributed by atoms with Gasteiger partial charge in [0.1, 0.15) is 0 Å².